The van der Waals surface area contributed by atoms with E-state index in [1.165, 1.54) is 5.56 Å². The lowest BCUT2D eigenvalue weighted by atomic mass is 10.2. The lowest BCUT2D eigenvalue weighted by molar-refractivity contribution is 0.881. The molecule has 0 aliphatic carbocycles. The molecule has 0 aliphatic heterocycles. The number of anilines is 2. The molecule has 0 bridgehead atoms. The predicted molar refractivity (Wildman–Crippen MR) is 99.1 cm³/mol. The van der Waals surface area contributed by atoms with Crippen molar-refractivity contribution in [3.05, 3.63) is 83.7 Å². The van der Waals surface area contributed by atoms with Crippen LogP contribution in [0.3, 0.4) is 0 Å². The molecule has 0 saturated heterocycles. The molecule has 0 amide bonds. The molecular formula is C20H19N5. The fourth-order valence-corrected chi connectivity index (χ4v) is 2.63. The smallest absolute Gasteiger partial charge is 0.133 e. The zero-order valence-corrected chi connectivity index (χ0v) is 14.1. The van der Waals surface area contributed by atoms with Crippen LogP contribution in [-0.4, -0.2) is 17.0 Å². The largest absolute Gasteiger partial charge is 0.366 e. The molecule has 3 rings (SSSR count). The number of nitriles is 1. The fraction of sp³-hybridized carbons (Fsp3) is 0.150. The fourth-order valence-electron chi connectivity index (χ4n) is 2.63. The van der Waals surface area contributed by atoms with Crippen molar-refractivity contribution < 1.29 is 0 Å². The number of nitrogens with one attached hydrogen (secondary N) is 1. The monoisotopic (exact) mass is 329 g/mol. The van der Waals surface area contributed by atoms with Gasteiger partial charge in [-0.25, -0.2) is 9.97 Å². The van der Waals surface area contributed by atoms with Crippen molar-refractivity contribution in [2.24, 2.45) is 0 Å². The SMILES string of the molecule is CN(Cc1ccccc1)c1ncccc1CNc1cc(C#N)ccn1. The van der Waals surface area contributed by atoms with Crippen LogP contribution < -0.4 is 10.2 Å². The van der Waals surface area contributed by atoms with Gasteiger partial charge in [0.2, 0.25) is 0 Å². The highest BCUT2D eigenvalue weighted by Crippen LogP contribution is 2.19. The number of pyridine rings is 2. The second-order valence-electron chi connectivity index (χ2n) is 5.72. The maximum atomic E-state index is 8.98. The summed E-state index contributed by atoms with van der Waals surface area (Å²) in [7, 11) is 2.04. The molecule has 25 heavy (non-hydrogen) atoms. The highest BCUT2D eigenvalue weighted by atomic mass is 15.2. The number of benzene rings is 1. The van der Waals surface area contributed by atoms with Crippen LogP contribution in [0.2, 0.25) is 0 Å². The van der Waals surface area contributed by atoms with Crippen molar-refractivity contribution >= 4 is 11.6 Å². The summed E-state index contributed by atoms with van der Waals surface area (Å²) >= 11 is 0. The number of hydrogen-bond donors (Lipinski definition) is 1. The van der Waals surface area contributed by atoms with Gasteiger partial charge in [0, 0.05) is 38.1 Å². The van der Waals surface area contributed by atoms with E-state index in [-0.39, 0.29) is 0 Å². The van der Waals surface area contributed by atoms with Crippen molar-refractivity contribution in [2.75, 3.05) is 17.3 Å². The van der Waals surface area contributed by atoms with Gasteiger partial charge >= 0.3 is 0 Å². The van der Waals surface area contributed by atoms with Gasteiger partial charge in [-0.15, -0.1) is 0 Å². The van der Waals surface area contributed by atoms with Gasteiger partial charge < -0.3 is 10.2 Å². The molecule has 3 aromatic rings. The standard InChI is InChI=1S/C20H19N5/c1-25(15-16-6-3-2-4-7-16)20-18(8-5-10-23-20)14-24-19-12-17(13-21)9-11-22-19/h2-12H,14-15H2,1H3,(H,22,24). The molecule has 0 atom stereocenters. The summed E-state index contributed by atoms with van der Waals surface area (Å²) in [5.74, 6) is 1.61. The quantitative estimate of drug-likeness (QED) is 0.748. The summed E-state index contributed by atoms with van der Waals surface area (Å²) in [6.07, 6.45) is 3.43. The molecule has 0 radical (unpaired) electrons. The minimum Gasteiger partial charge on any atom is -0.366 e. The Hall–Kier alpha value is -3.39. The zero-order chi connectivity index (χ0) is 17.5. The molecule has 124 valence electrons. The number of nitrogens with zero attached hydrogens (tertiary/aromatic N) is 4. The molecule has 2 heterocycles. The Labute approximate surface area is 147 Å². The van der Waals surface area contributed by atoms with Crippen LogP contribution in [0.4, 0.5) is 11.6 Å². The van der Waals surface area contributed by atoms with Gasteiger partial charge in [0.15, 0.2) is 0 Å². The highest BCUT2D eigenvalue weighted by Gasteiger charge is 2.09. The molecule has 0 aliphatic rings. The van der Waals surface area contributed by atoms with Crippen molar-refractivity contribution in [1.29, 1.82) is 5.26 Å². The highest BCUT2D eigenvalue weighted by molar-refractivity contribution is 5.49. The Balaban J connectivity index is 1.73. The van der Waals surface area contributed by atoms with Crippen LogP contribution in [0.15, 0.2) is 67.0 Å². The molecule has 1 N–H and O–H groups in total. The van der Waals surface area contributed by atoms with E-state index in [2.05, 4.69) is 38.4 Å². The first-order valence-electron chi connectivity index (χ1n) is 8.05. The van der Waals surface area contributed by atoms with Gasteiger partial charge in [0.05, 0.1) is 11.6 Å². The average molecular weight is 329 g/mol. The van der Waals surface area contributed by atoms with Gasteiger partial charge in [-0.05, 0) is 23.8 Å². The van der Waals surface area contributed by atoms with Crippen LogP contribution >= 0.6 is 0 Å². The van der Waals surface area contributed by atoms with Crippen molar-refractivity contribution in [3.63, 3.8) is 0 Å². The van der Waals surface area contributed by atoms with Crippen LogP contribution in [-0.2, 0) is 13.1 Å². The van der Waals surface area contributed by atoms with Gasteiger partial charge in [0.25, 0.3) is 0 Å². The first-order valence-corrected chi connectivity index (χ1v) is 8.05. The summed E-state index contributed by atoms with van der Waals surface area (Å²) in [4.78, 5) is 10.9. The Bertz CT molecular complexity index is 871. The van der Waals surface area contributed by atoms with Crippen LogP contribution in [0.1, 0.15) is 16.7 Å². The van der Waals surface area contributed by atoms with Crippen LogP contribution in [0.25, 0.3) is 0 Å². The molecule has 2 aromatic heterocycles. The van der Waals surface area contributed by atoms with Gasteiger partial charge in [0.1, 0.15) is 11.6 Å². The third kappa shape index (κ3) is 4.33. The molecule has 1 aromatic carbocycles. The molecule has 5 nitrogen and oxygen atoms in total. The van der Waals surface area contributed by atoms with Crippen molar-refractivity contribution in [3.8, 4) is 6.07 Å². The Morgan fingerprint density at radius 3 is 2.68 bits per heavy atom. The van der Waals surface area contributed by atoms with E-state index in [4.69, 9.17) is 5.26 Å². The molecule has 0 saturated carbocycles. The summed E-state index contributed by atoms with van der Waals surface area (Å²) in [6.45, 7) is 1.37. The minimum absolute atomic E-state index is 0.587. The maximum Gasteiger partial charge on any atom is 0.133 e. The number of aromatic nitrogens is 2. The van der Waals surface area contributed by atoms with E-state index < -0.39 is 0 Å². The molecule has 5 heteroatoms. The summed E-state index contributed by atoms with van der Waals surface area (Å²) in [6, 6.07) is 19.8. The summed E-state index contributed by atoms with van der Waals surface area (Å²) < 4.78 is 0. The van der Waals surface area contributed by atoms with E-state index in [0.717, 1.165) is 17.9 Å². The van der Waals surface area contributed by atoms with E-state index in [0.29, 0.717) is 17.9 Å². The lowest BCUT2D eigenvalue weighted by Gasteiger charge is -2.21. The van der Waals surface area contributed by atoms with E-state index >= 15 is 0 Å². The van der Waals surface area contributed by atoms with Crippen LogP contribution in [0.5, 0.6) is 0 Å². The van der Waals surface area contributed by atoms with Crippen molar-refractivity contribution in [1.82, 2.24) is 9.97 Å². The average Bonchev–Trinajstić information content (AvgIpc) is 2.67. The first kappa shape index (κ1) is 16.5. The van der Waals surface area contributed by atoms with Gasteiger partial charge in [-0.1, -0.05) is 36.4 Å². The third-order valence-electron chi connectivity index (χ3n) is 3.84. The molecular weight excluding hydrogens is 310 g/mol. The molecule has 0 fully saturated rings. The van der Waals surface area contributed by atoms with Gasteiger partial charge in [-0.3, -0.25) is 0 Å². The maximum absolute atomic E-state index is 8.98. The van der Waals surface area contributed by atoms with E-state index in [1.54, 1.807) is 24.5 Å². The topological polar surface area (TPSA) is 64.8 Å². The Morgan fingerprint density at radius 2 is 1.88 bits per heavy atom. The van der Waals surface area contributed by atoms with E-state index in [1.807, 2.05) is 37.4 Å². The first-order chi connectivity index (χ1) is 12.3. The van der Waals surface area contributed by atoms with Gasteiger partial charge in [-0.2, -0.15) is 5.26 Å². The van der Waals surface area contributed by atoms with Crippen molar-refractivity contribution in [2.45, 2.75) is 13.1 Å². The van der Waals surface area contributed by atoms with Crippen LogP contribution in [0, 0.1) is 11.3 Å². The minimum atomic E-state index is 0.587. The lowest BCUT2D eigenvalue weighted by Crippen LogP contribution is -2.20. The number of rotatable bonds is 6. The number of hydrogen-bond acceptors (Lipinski definition) is 5. The second-order valence-corrected chi connectivity index (χ2v) is 5.72. The Morgan fingerprint density at radius 1 is 1.04 bits per heavy atom. The normalized spacial score (nSPS) is 10.1. The third-order valence-corrected chi connectivity index (χ3v) is 3.84. The summed E-state index contributed by atoms with van der Waals surface area (Å²) in [5, 5.41) is 12.2. The Kier molecular flexibility index (Phi) is 5.22. The zero-order valence-electron chi connectivity index (χ0n) is 14.1. The predicted octanol–water partition coefficient (Wildman–Crippen LogP) is 3.60. The molecule has 0 spiro atoms. The van der Waals surface area contributed by atoms with E-state index in [9.17, 15) is 0 Å². The summed E-state index contributed by atoms with van der Waals surface area (Å²) in [5.41, 5.74) is 2.90. The second kappa shape index (κ2) is 7.93. The molecule has 0 unspecified atom stereocenters.